The molecular weight excluding hydrogens is 637 g/mol. The molecule has 0 saturated carbocycles. The Hall–Kier alpha value is -4.09. The van der Waals surface area contributed by atoms with E-state index in [1.807, 2.05) is 6.92 Å². The number of carbonyl (C=O) groups excluding carboxylic acids is 2. The molecule has 1 atom stereocenters. The summed E-state index contributed by atoms with van der Waals surface area (Å²) in [5.74, 6) is -1.82. The van der Waals surface area contributed by atoms with E-state index in [4.69, 9.17) is 34.8 Å². The number of carboxylic acids is 1. The Kier molecular flexibility index (Phi) is 9.98. The molecule has 0 heterocycles. The molecule has 4 rings (SSSR count). The number of urea groups is 1. The molecule has 222 valence electrons. The minimum atomic E-state index is -3.90. The lowest BCUT2D eigenvalue weighted by atomic mass is 10.1. The molecule has 9 nitrogen and oxygen atoms in total. The number of carboxylic acid groups (broad SMARTS) is 1. The zero-order valence-corrected chi connectivity index (χ0v) is 25.5. The molecule has 0 saturated heterocycles. The van der Waals surface area contributed by atoms with Gasteiger partial charge in [0.05, 0.1) is 36.1 Å². The van der Waals surface area contributed by atoms with Gasteiger partial charge in [0.25, 0.3) is 5.91 Å². The Morgan fingerprint density at radius 3 is 2.00 bits per heavy atom. The van der Waals surface area contributed by atoms with Crippen LogP contribution in [0.15, 0.2) is 94.7 Å². The molecule has 0 aliphatic carbocycles. The van der Waals surface area contributed by atoms with E-state index in [-0.39, 0.29) is 42.5 Å². The van der Waals surface area contributed by atoms with Gasteiger partial charge in [-0.1, -0.05) is 70.7 Å². The number of carbonyl (C=O) groups is 3. The molecule has 13 heteroatoms. The van der Waals surface area contributed by atoms with Crippen molar-refractivity contribution in [2.45, 2.75) is 29.2 Å². The minimum Gasteiger partial charge on any atom is -0.480 e. The van der Waals surface area contributed by atoms with Crippen LogP contribution < -0.4 is 16.0 Å². The van der Waals surface area contributed by atoms with Crippen LogP contribution >= 0.6 is 34.8 Å². The monoisotopic (exact) mass is 659 g/mol. The van der Waals surface area contributed by atoms with E-state index in [0.717, 1.165) is 5.56 Å². The van der Waals surface area contributed by atoms with Crippen LogP contribution in [0.3, 0.4) is 0 Å². The van der Waals surface area contributed by atoms with Crippen molar-refractivity contribution in [2.24, 2.45) is 0 Å². The predicted octanol–water partition coefficient (Wildman–Crippen LogP) is 6.86. The van der Waals surface area contributed by atoms with Gasteiger partial charge < -0.3 is 21.1 Å². The number of hydrogen-bond donors (Lipinski definition) is 4. The fourth-order valence-corrected chi connectivity index (χ4v) is 6.03. The van der Waals surface area contributed by atoms with Crippen LogP contribution in [0.4, 0.5) is 16.2 Å². The molecule has 4 aromatic carbocycles. The highest BCUT2D eigenvalue weighted by Gasteiger charge is 2.23. The van der Waals surface area contributed by atoms with Crippen LogP contribution in [-0.4, -0.2) is 37.5 Å². The number of hydrogen-bond acceptors (Lipinski definition) is 5. The third kappa shape index (κ3) is 7.85. The summed E-state index contributed by atoms with van der Waals surface area (Å²) in [4.78, 5) is 37.2. The molecule has 0 fully saturated rings. The molecule has 0 aromatic heterocycles. The average molecular weight is 661 g/mol. The lowest BCUT2D eigenvalue weighted by molar-refractivity contribution is -0.139. The fourth-order valence-electron chi connectivity index (χ4n) is 4.01. The molecule has 43 heavy (non-hydrogen) atoms. The van der Waals surface area contributed by atoms with Gasteiger partial charge in [0.15, 0.2) is 0 Å². The van der Waals surface area contributed by atoms with E-state index in [2.05, 4.69) is 16.0 Å². The average Bonchev–Trinajstić information content (AvgIpc) is 2.95. The summed E-state index contributed by atoms with van der Waals surface area (Å²) in [5, 5.41) is 17.6. The molecule has 3 amide bonds. The van der Waals surface area contributed by atoms with E-state index in [9.17, 15) is 27.9 Å². The second kappa shape index (κ2) is 13.5. The number of amides is 3. The maximum absolute atomic E-state index is 13.1. The van der Waals surface area contributed by atoms with Crippen molar-refractivity contribution in [2.75, 3.05) is 10.6 Å². The van der Waals surface area contributed by atoms with Crippen LogP contribution in [0.1, 0.15) is 21.5 Å². The standard InChI is InChI=1S/C30H24Cl3N3O6S/c1-17-5-11-20(12-6-17)43(41,42)21-13-14-22(31)25(16-21)35-30(40)36-26(29(38)39)15-18-7-9-19(10-8-18)34-28(37)27-23(32)3-2-4-24(27)33/h2-14,16,26H,15H2,1H3,(H,34,37)(H,38,39)(H2,35,36,40). The molecule has 1 unspecified atom stereocenters. The second-order valence-corrected chi connectivity index (χ2v) is 12.6. The van der Waals surface area contributed by atoms with Gasteiger partial charge in [-0.05, 0) is 67.1 Å². The maximum atomic E-state index is 13.1. The van der Waals surface area contributed by atoms with Crippen LogP contribution in [-0.2, 0) is 21.1 Å². The van der Waals surface area contributed by atoms with E-state index >= 15 is 0 Å². The van der Waals surface area contributed by atoms with Crippen LogP contribution in [0.5, 0.6) is 0 Å². The first-order chi connectivity index (χ1) is 20.3. The Balaban J connectivity index is 1.42. The largest absolute Gasteiger partial charge is 0.480 e. The molecular formula is C30H24Cl3N3O6S. The Morgan fingerprint density at radius 1 is 0.791 bits per heavy atom. The van der Waals surface area contributed by atoms with Crippen molar-refractivity contribution >= 4 is 73.9 Å². The van der Waals surface area contributed by atoms with Crippen molar-refractivity contribution in [1.82, 2.24) is 5.32 Å². The summed E-state index contributed by atoms with van der Waals surface area (Å²) in [5.41, 5.74) is 1.95. The molecule has 0 bridgehead atoms. The molecule has 4 aromatic rings. The van der Waals surface area contributed by atoms with E-state index in [1.54, 1.807) is 54.6 Å². The normalized spacial score (nSPS) is 11.8. The van der Waals surface area contributed by atoms with Gasteiger partial charge in [-0.2, -0.15) is 0 Å². The van der Waals surface area contributed by atoms with Gasteiger partial charge in [-0.15, -0.1) is 0 Å². The first kappa shape index (κ1) is 31.8. The predicted molar refractivity (Wildman–Crippen MR) is 166 cm³/mol. The number of aliphatic carboxylic acids is 1. The lowest BCUT2D eigenvalue weighted by Gasteiger charge is -2.17. The van der Waals surface area contributed by atoms with E-state index in [1.165, 1.54) is 30.3 Å². The first-order valence-corrected chi connectivity index (χ1v) is 15.2. The summed E-state index contributed by atoms with van der Waals surface area (Å²) in [6.45, 7) is 1.83. The number of rotatable bonds is 9. The van der Waals surface area contributed by atoms with Crippen LogP contribution in [0.2, 0.25) is 15.1 Å². The molecule has 0 aliphatic heterocycles. The van der Waals surface area contributed by atoms with Gasteiger partial charge in [0, 0.05) is 12.1 Å². The fraction of sp³-hybridized carbons (Fsp3) is 0.100. The highest BCUT2D eigenvalue weighted by molar-refractivity contribution is 7.91. The molecule has 0 spiro atoms. The summed E-state index contributed by atoms with van der Waals surface area (Å²) in [6.07, 6.45) is -0.0943. The zero-order chi connectivity index (χ0) is 31.3. The summed E-state index contributed by atoms with van der Waals surface area (Å²) in [6, 6.07) is 18.9. The quantitative estimate of drug-likeness (QED) is 0.155. The number of sulfone groups is 1. The SMILES string of the molecule is Cc1ccc(S(=O)(=O)c2ccc(Cl)c(NC(=O)NC(Cc3ccc(NC(=O)c4c(Cl)cccc4Cl)cc3)C(=O)O)c2)cc1. The first-order valence-electron chi connectivity index (χ1n) is 12.6. The Labute approximate surface area is 262 Å². The van der Waals surface area contributed by atoms with Gasteiger partial charge in [0.2, 0.25) is 9.84 Å². The third-order valence-electron chi connectivity index (χ3n) is 6.27. The van der Waals surface area contributed by atoms with Gasteiger partial charge in [-0.3, -0.25) is 4.79 Å². The van der Waals surface area contributed by atoms with Crippen LogP contribution in [0, 0.1) is 6.92 Å². The summed E-state index contributed by atoms with van der Waals surface area (Å²) in [7, 11) is -3.90. The Morgan fingerprint density at radius 2 is 1.40 bits per heavy atom. The molecule has 4 N–H and O–H groups in total. The second-order valence-electron chi connectivity index (χ2n) is 9.40. The number of anilines is 2. The summed E-state index contributed by atoms with van der Waals surface area (Å²) < 4.78 is 26.1. The third-order valence-corrected chi connectivity index (χ3v) is 9.00. The topological polar surface area (TPSA) is 142 Å². The minimum absolute atomic E-state index is 0.0183. The van der Waals surface area contributed by atoms with E-state index < -0.39 is 33.8 Å². The van der Waals surface area contributed by atoms with Crippen molar-refractivity contribution in [3.63, 3.8) is 0 Å². The van der Waals surface area contributed by atoms with Gasteiger partial charge >= 0.3 is 12.0 Å². The summed E-state index contributed by atoms with van der Waals surface area (Å²) >= 11 is 18.4. The lowest BCUT2D eigenvalue weighted by Crippen LogP contribution is -2.44. The van der Waals surface area contributed by atoms with Crippen molar-refractivity contribution in [3.8, 4) is 0 Å². The highest BCUT2D eigenvalue weighted by Crippen LogP contribution is 2.29. The Bertz CT molecular complexity index is 1780. The number of benzene rings is 4. The number of halogens is 3. The van der Waals surface area contributed by atoms with Gasteiger partial charge in [0.1, 0.15) is 6.04 Å². The molecule has 0 radical (unpaired) electrons. The van der Waals surface area contributed by atoms with Crippen LogP contribution in [0.25, 0.3) is 0 Å². The smallest absolute Gasteiger partial charge is 0.326 e. The van der Waals surface area contributed by atoms with Gasteiger partial charge in [-0.25, -0.2) is 18.0 Å². The maximum Gasteiger partial charge on any atom is 0.326 e. The number of nitrogens with one attached hydrogen (secondary N) is 3. The van der Waals surface area contributed by atoms with Crippen molar-refractivity contribution < 1.29 is 27.9 Å². The highest BCUT2D eigenvalue weighted by atomic mass is 35.5. The van der Waals surface area contributed by atoms with E-state index in [0.29, 0.717) is 11.3 Å². The van der Waals surface area contributed by atoms with Crippen molar-refractivity contribution in [3.05, 3.63) is 117 Å². The zero-order valence-electron chi connectivity index (χ0n) is 22.4. The molecule has 0 aliphatic rings. The number of aryl methyl sites for hydroxylation is 1. The van der Waals surface area contributed by atoms with Crippen molar-refractivity contribution in [1.29, 1.82) is 0 Å².